The highest BCUT2D eigenvalue weighted by atomic mass is 35.5. The molecule has 3 aliphatic rings. The van der Waals surface area contributed by atoms with Crippen LogP contribution in [0.25, 0.3) is 0 Å². The van der Waals surface area contributed by atoms with Crippen molar-refractivity contribution in [1.82, 2.24) is 4.98 Å². The lowest BCUT2D eigenvalue weighted by Gasteiger charge is -2.27. The summed E-state index contributed by atoms with van der Waals surface area (Å²) in [7, 11) is 0. The maximum atomic E-state index is 14.4. The van der Waals surface area contributed by atoms with Crippen LogP contribution in [0.5, 0.6) is 0 Å². The Kier molecular flexibility index (Phi) is 3.93. The summed E-state index contributed by atoms with van der Waals surface area (Å²) in [5.74, 6) is -3.00. The van der Waals surface area contributed by atoms with Crippen LogP contribution in [-0.2, 0) is 9.53 Å². The van der Waals surface area contributed by atoms with E-state index in [0.29, 0.717) is 27.6 Å². The van der Waals surface area contributed by atoms with Gasteiger partial charge in [0.25, 0.3) is 0 Å². The molecule has 2 bridgehead atoms. The molecule has 1 aromatic heterocycles. The highest BCUT2D eigenvalue weighted by Crippen LogP contribution is 2.65. The van der Waals surface area contributed by atoms with Gasteiger partial charge < -0.3 is 10.1 Å². The van der Waals surface area contributed by atoms with E-state index in [1.807, 2.05) is 0 Å². The Labute approximate surface area is 163 Å². The fraction of sp³-hybridized carbons (Fsp3) is 0.368. The minimum atomic E-state index is -1.16. The standard InChI is InChI=1S/C19H14Cl2F2N2O2/c20-11-2-1-7(5-12(11)21)25-19(26)14-13(8-3-4-24-18(23)15(8)22)16-9-6-10(9)17(14)27-16/h1-5,9-10,13-14,16-17H,6H2,(H,25,26)/t9-,10+,13+,14+,16-,17+/m1/s1. The fourth-order valence-electron chi connectivity index (χ4n) is 4.66. The molecular weight excluding hydrogens is 397 g/mol. The van der Waals surface area contributed by atoms with Crippen LogP contribution in [0, 0.1) is 29.5 Å². The van der Waals surface area contributed by atoms with Gasteiger partial charge >= 0.3 is 0 Å². The molecule has 2 saturated heterocycles. The summed E-state index contributed by atoms with van der Waals surface area (Å²) in [6, 6.07) is 6.21. The first-order chi connectivity index (χ1) is 13.0. The topological polar surface area (TPSA) is 51.2 Å². The number of ether oxygens (including phenoxy) is 1. The number of carbonyl (C=O) groups excluding carboxylic acids is 1. The summed E-state index contributed by atoms with van der Waals surface area (Å²) in [6.07, 6.45) is 1.61. The molecule has 6 atom stereocenters. The number of nitrogens with one attached hydrogen (secondary N) is 1. The first kappa shape index (κ1) is 17.3. The minimum absolute atomic E-state index is 0.148. The number of nitrogens with zero attached hydrogens (tertiary/aromatic N) is 1. The molecule has 8 heteroatoms. The Balaban J connectivity index is 1.48. The van der Waals surface area contributed by atoms with Gasteiger partial charge in [-0.25, -0.2) is 9.37 Å². The number of anilines is 1. The summed E-state index contributed by atoms with van der Waals surface area (Å²) >= 11 is 11.9. The van der Waals surface area contributed by atoms with Crippen molar-refractivity contribution in [3.63, 3.8) is 0 Å². The van der Waals surface area contributed by atoms with E-state index in [9.17, 15) is 13.6 Å². The van der Waals surface area contributed by atoms with Crippen LogP contribution >= 0.6 is 23.2 Å². The third-order valence-electron chi connectivity index (χ3n) is 5.87. The summed E-state index contributed by atoms with van der Waals surface area (Å²) in [5.41, 5.74) is 0.638. The van der Waals surface area contributed by atoms with Gasteiger partial charge in [-0.1, -0.05) is 23.2 Å². The van der Waals surface area contributed by atoms with E-state index in [1.165, 1.54) is 12.3 Å². The highest BCUT2D eigenvalue weighted by molar-refractivity contribution is 6.42. The van der Waals surface area contributed by atoms with E-state index >= 15 is 0 Å². The third-order valence-corrected chi connectivity index (χ3v) is 6.61. The van der Waals surface area contributed by atoms with Gasteiger partial charge in [-0.05, 0) is 42.5 Å². The Morgan fingerprint density at radius 3 is 2.70 bits per heavy atom. The lowest BCUT2D eigenvalue weighted by atomic mass is 9.75. The molecule has 3 fully saturated rings. The summed E-state index contributed by atoms with van der Waals surface area (Å²) in [4.78, 5) is 16.4. The molecule has 1 saturated carbocycles. The van der Waals surface area contributed by atoms with Crippen molar-refractivity contribution >= 4 is 34.8 Å². The first-order valence-electron chi connectivity index (χ1n) is 8.67. The van der Waals surface area contributed by atoms with Crippen LogP contribution in [0.2, 0.25) is 10.0 Å². The van der Waals surface area contributed by atoms with Crippen LogP contribution in [0.15, 0.2) is 30.5 Å². The highest BCUT2D eigenvalue weighted by Gasteiger charge is 2.69. The Morgan fingerprint density at radius 2 is 1.93 bits per heavy atom. The monoisotopic (exact) mass is 410 g/mol. The zero-order chi connectivity index (χ0) is 18.9. The van der Waals surface area contributed by atoms with Gasteiger partial charge in [-0.15, -0.1) is 0 Å². The van der Waals surface area contributed by atoms with Crippen LogP contribution in [0.1, 0.15) is 17.9 Å². The van der Waals surface area contributed by atoms with E-state index in [2.05, 4.69) is 10.3 Å². The summed E-state index contributed by atoms with van der Waals surface area (Å²) < 4.78 is 34.1. The molecule has 140 valence electrons. The number of benzene rings is 1. The van der Waals surface area contributed by atoms with Crippen LogP contribution in [0.3, 0.4) is 0 Å². The van der Waals surface area contributed by atoms with Crippen molar-refractivity contribution in [2.75, 3.05) is 5.32 Å². The largest absolute Gasteiger partial charge is 0.373 e. The van der Waals surface area contributed by atoms with E-state index in [-0.39, 0.29) is 23.7 Å². The number of carbonyl (C=O) groups is 1. The molecule has 2 aliphatic heterocycles. The predicted octanol–water partition coefficient (Wildman–Crippen LogP) is 4.42. The Morgan fingerprint density at radius 1 is 1.15 bits per heavy atom. The van der Waals surface area contributed by atoms with Gasteiger partial charge in [0.15, 0.2) is 5.82 Å². The van der Waals surface area contributed by atoms with E-state index < -0.39 is 23.6 Å². The second-order valence-electron chi connectivity index (χ2n) is 7.30. The van der Waals surface area contributed by atoms with Gasteiger partial charge in [0, 0.05) is 23.4 Å². The third kappa shape index (κ3) is 2.65. The number of pyridine rings is 1. The summed E-state index contributed by atoms with van der Waals surface area (Å²) in [5, 5.41) is 3.52. The molecule has 1 aliphatic carbocycles. The van der Waals surface area contributed by atoms with E-state index in [1.54, 1.807) is 18.2 Å². The second kappa shape index (κ2) is 6.12. The number of halogens is 4. The van der Waals surface area contributed by atoms with Crippen molar-refractivity contribution < 1.29 is 18.3 Å². The molecule has 1 amide bonds. The molecule has 27 heavy (non-hydrogen) atoms. The maximum Gasteiger partial charge on any atom is 0.249 e. The molecule has 0 unspecified atom stereocenters. The average molecular weight is 411 g/mol. The van der Waals surface area contributed by atoms with Crippen molar-refractivity contribution in [3.05, 3.63) is 57.8 Å². The zero-order valence-corrected chi connectivity index (χ0v) is 15.3. The molecular formula is C19H14Cl2F2N2O2. The molecule has 1 N–H and O–H groups in total. The SMILES string of the molecule is O=C(Nc1ccc(Cl)c(Cl)c1)[C@@H]1[C@H]2O[C@H]([C@@H]3C[C@@H]32)[C@H]1c1ccnc(F)c1F. The number of aromatic nitrogens is 1. The lowest BCUT2D eigenvalue weighted by molar-refractivity contribution is -0.122. The van der Waals surface area contributed by atoms with E-state index in [4.69, 9.17) is 27.9 Å². The van der Waals surface area contributed by atoms with Gasteiger partial charge in [-0.3, -0.25) is 4.79 Å². The molecule has 3 heterocycles. The number of fused-ring (bicyclic) bond motifs is 5. The average Bonchev–Trinajstić information content (AvgIpc) is 3.25. The van der Waals surface area contributed by atoms with Crippen molar-refractivity contribution in [2.24, 2.45) is 17.8 Å². The predicted molar refractivity (Wildman–Crippen MR) is 95.7 cm³/mol. The van der Waals surface area contributed by atoms with Gasteiger partial charge in [-0.2, -0.15) is 4.39 Å². The number of amides is 1. The molecule has 2 aromatic rings. The van der Waals surface area contributed by atoms with Gasteiger partial charge in [0.1, 0.15) is 0 Å². The second-order valence-corrected chi connectivity index (χ2v) is 8.12. The number of hydrogen-bond acceptors (Lipinski definition) is 3. The van der Waals surface area contributed by atoms with Gasteiger partial charge in [0.05, 0.1) is 28.2 Å². The molecule has 0 radical (unpaired) electrons. The maximum absolute atomic E-state index is 14.4. The Hall–Kier alpha value is -1.76. The van der Waals surface area contributed by atoms with Gasteiger partial charge in [0.2, 0.25) is 11.9 Å². The van der Waals surface area contributed by atoms with Crippen molar-refractivity contribution in [3.8, 4) is 0 Å². The van der Waals surface area contributed by atoms with Crippen LogP contribution in [-0.4, -0.2) is 23.1 Å². The van der Waals surface area contributed by atoms with Crippen molar-refractivity contribution in [1.29, 1.82) is 0 Å². The van der Waals surface area contributed by atoms with Crippen molar-refractivity contribution in [2.45, 2.75) is 24.5 Å². The molecule has 1 aromatic carbocycles. The quantitative estimate of drug-likeness (QED) is 0.761. The molecule has 0 spiro atoms. The summed E-state index contributed by atoms with van der Waals surface area (Å²) in [6.45, 7) is 0. The minimum Gasteiger partial charge on any atom is -0.373 e. The fourth-order valence-corrected chi connectivity index (χ4v) is 4.95. The lowest BCUT2D eigenvalue weighted by Crippen LogP contribution is -2.37. The normalized spacial score (nSPS) is 33.0. The zero-order valence-electron chi connectivity index (χ0n) is 13.8. The molecule has 4 nitrogen and oxygen atoms in total. The van der Waals surface area contributed by atoms with Crippen LogP contribution in [0.4, 0.5) is 14.5 Å². The Bertz CT molecular complexity index is 957. The van der Waals surface area contributed by atoms with Crippen LogP contribution < -0.4 is 5.32 Å². The van der Waals surface area contributed by atoms with E-state index in [0.717, 1.165) is 6.42 Å². The smallest absolute Gasteiger partial charge is 0.249 e. The number of rotatable bonds is 3. The number of hydrogen-bond donors (Lipinski definition) is 1. The molecule has 5 rings (SSSR count). The first-order valence-corrected chi connectivity index (χ1v) is 9.42.